The van der Waals surface area contributed by atoms with Gasteiger partial charge in [0, 0.05) is 12.6 Å². The monoisotopic (exact) mass is 251 g/mol. The van der Waals surface area contributed by atoms with E-state index < -0.39 is 0 Å². The highest BCUT2D eigenvalue weighted by molar-refractivity contribution is 5.11. The molecule has 0 radical (unpaired) electrons. The summed E-state index contributed by atoms with van der Waals surface area (Å²) in [6, 6.07) is 3.85. The van der Waals surface area contributed by atoms with Crippen LogP contribution in [0.3, 0.4) is 0 Å². The van der Waals surface area contributed by atoms with Crippen LogP contribution in [-0.4, -0.2) is 23.3 Å². The first kappa shape index (κ1) is 14.9. The van der Waals surface area contributed by atoms with Crippen LogP contribution in [0.1, 0.15) is 39.8 Å². The Morgan fingerprint density at radius 1 is 1.11 bits per heavy atom. The molecule has 0 spiro atoms. The molecule has 0 aliphatic rings. The summed E-state index contributed by atoms with van der Waals surface area (Å²) in [7, 11) is 0. The lowest BCUT2D eigenvalue weighted by molar-refractivity contribution is 0.276. The van der Waals surface area contributed by atoms with Gasteiger partial charge in [-0.15, -0.1) is 5.10 Å². The zero-order chi connectivity index (χ0) is 13.4. The van der Waals surface area contributed by atoms with Crippen LogP contribution in [0.5, 0.6) is 5.88 Å². The van der Waals surface area contributed by atoms with Gasteiger partial charge in [-0.3, -0.25) is 0 Å². The van der Waals surface area contributed by atoms with Crippen LogP contribution in [0.4, 0.5) is 0 Å². The van der Waals surface area contributed by atoms with Crippen molar-refractivity contribution in [1.29, 1.82) is 0 Å². The molecule has 4 heteroatoms. The van der Waals surface area contributed by atoms with Gasteiger partial charge in [-0.2, -0.15) is 5.10 Å². The van der Waals surface area contributed by atoms with E-state index in [0.29, 0.717) is 24.3 Å². The van der Waals surface area contributed by atoms with Gasteiger partial charge in [-0.1, -0.05) is 27.7 Å². The minimum Gasteiger partial charge on any atom is -0.477 e. The van der Waals surface area contributed by atoms with Crippen LogP contribution < -0.4 is 10.1 Å². The van der Waals surface area contributed by atoms with E-state index in [2.05, 4.69) is 43.2 Å². The van der Waals surface area contributed by atoms with Gasteiger partial charge < -0.3 is 10.1 Å². The molecule has 0 fully saturated rings. The first-order valence-corrected chi connectivity index (χ1v) is 6.74. The maximum absolute atomic E-state index is 5.52. The summed E-state index contributed by atoms with van der Waals surface area (Å²) < 4.78 is 5.52. The van der Waals surface area contributed by atoms with Crippen LogP contribution in [0.15, 0.2) is 12.1 Å². The predicted molar refractivity (Wildman–Crippen MR) is 73.5 cm³/mol. The molecule has 0 atom stereocenters. The number of hydrogen-bond acceptors (Lipinski definition) is 4. The van der Waals surface area contributed by atoms with Crippen molar-refractivity contribution < 1.29 is 4.74 Å². The molecular weight excluding hydrogens is 226 g/mol. The van der Waals surface area contributed by atoms with Crippen molar-refractivity contribution in [3.05, 3.63) is 17.8 Å². The van der Waals surface area contributed by atoms with Gasteiger partial charge in [0.05, 0.1) is 12.3 Å². The fraction of sp³-hybridized carbons (Fsp3) is 0.714. The Bertz CT molecular complexity index is 289. The summed E-state index contributed by atoms with van der Waals surface area (Å²) >= 11 is 0. The normalized spacial score (nSPS) is 11.2. The highest BCUT2D eigenvalue weighted by Gasteiger charge is 2.00. The third kappa shape index (κ3) is 6.55. The molecule has 0 aliphatic heterocycles. The van der Waals surface area contributed by atoms with E-state index >= 15 is 0 Å². The summed E-state index contributed by atoms with van der Waals surface area (Å²) in [5.74, 6) is 1.91. The van der Waals surface area contributed by atoms with E-state index in [1.165, 1.54) is 0 Å². The Morgan fingerprint density at radius 3 is 2.44 bits per heavy atom. The lowest BCUT2D eigenvalue weighted by Crippen LogP contribution is -2.19. The van der Waals surface area contributed by atoms with E-state index in [9.17, 15) is 0 Å². The van der Waals surface area contributed by atoms with Crippen LogP contribution >= 0.6 is 0 Å². The first-order chi connectivity index (χ1) is 8.58. The Balaban J connectivity index is 2.28. The molecule has 0 unspecified atom stereocenters. The molecule has 1 heterocycles. The zero-order valence-corrected chi connectivity index (χ0v) is 11.9. The molecule has 1 aromatic rings. The number of nitrogens with zero attached hydrogens (tertiary/aromatic N) is 2. The van der Waals surface area contributed by atoms with Gasteiger partial charge >= 0.3 is 0 Å². The molecule has 1 N–H and O–H groups in total. The van der Waals surface area contributed by atoms with Gasteiger partial charge in [0.1, 0.15) is 0 Å². The number of nitrogens with one attached hydrogen (secondary N) is 1. The molecule has 102 valence electrons. The molecule has 0 bridgehead atoms. The fourth-order valence-corrected chi connectivity index (χ4v) is 1.41. The van der Waals surface area contributed by atoms with Crippen molar-refractivity contribution in [2.45, 2.75) is 40.7 Å². The maximum Gasteiger partial charge on any atom is 0.233 e. The molecule has 0 aromatic carbocycles. The van der Waals surface area contributed by atoms with Crippen molar-refractivity contribution in [2.24, 2.45) is 11.8 Å². The zero-order valence-electron chi connectivity index (χ0n) is 11.9. The smallest absolute Gasteiger partial charge is 0.233 e. The van der Waals surface area contributed by atoms with Crippen LogP contribution in [0.2, 0.25) is 0 Å². The molecule has 0 amide bonds. The molecular formula is C14H25N3O. The standard InChI is InChI=1S/C14H25N3O/c1-11(2)7-8-18-14-6-5-13(16-17-14)10-15-9-12(3)4/h5-6,11-12,15H,7-10H2,1-4H3. The minimum atomic E-state index is 0.614. The van der Waals surface area contributed by atoms with Crippen LogP contribution in [0.25, 0.3) is 0 Å². The number of rotatable bonds is 8. The molecule has 0 saturated heterocycles. The maximum atomic E-state index is 5.52. The average molecular weight is 251 g/mol. The number of hydrogen-bond donors (Lipinski definition) is 1. The SMILES string of the molecule is CC(C)CCOc1ccc(CNCC(C)C)nn1. The molecule has 1 rings (SSSR count). The van der Waals surface area contributed by atoms with E-state index in [1.54, 1.807) is 0 Å². The first-order valence-electron chi connectivity index (χ1n) is 6.74. The van der Waals surface area contributed by atoms with Gasteiger partial charge in [-0.05, 0) is 30.9 Å². The Kier molecular flexibility index (Phi) is 6.65. The van der Waals surface area contributed by atoms with Gasteiger partial charge in [0.25, 0.3) is 0 Å². The van der Waals surface area contributed by atoms with Crippen molar-refractivity contribution in [3.8, 4) is 5.88 Å². The van der Waals surface area contributed by atoms with Crippen molar-refractivity contribution in [1.82, 2.24) is 15.5 Å². The molecule has 1 aromatic heterocycles. The van der Waals surface area contributed by atoms with E-state index in [0.717, 1.165) is 25.2 Å². The second-order valence-corrected chi connectivity index (χ2v) is 5.42. The second-order valence-electron chi connectivity index (χ2n) is 5.42. The summed E-state index contributed by atoms with van der Waals surface area (Å²) in [5, 5.41) is 11.5. The second kappa shape index (κ2) is 8.03. The highest BCUT2D eigenvalue weighted by Crippen LogP contribution is 2.07. The van der Waals surface area contributed by atoms with Crippen LogP contribution in [0, 0.1) is 11.8 Å². The Morgan fingerprint density at radius 2 is 1.89 bits per heavy atom. The summed E-state index contributed by atoms with van der Waals surface area (Å²) in [5.41, 5.74) is 0.951. The largest absolute Gasteiger partial charge is 0.477 e. The predicted octanol–water partition coefficient (Wildman–Crippen LogP) is 2.65. The topological polar surface area (TPSA) is 47.0 Å². The summed E-state index contributed by atoms with van der Waals surface area (Å²) in [6.07, 6.45) is 1.04. The number of aromatic nitrogens is 2. The van der Waals surface area contributed by atoms with Crippen molar-refractivity contribution in [2.75, 3.05) is 13.2 Å². The van der Waals surface area contributed by atoms with E-state index in [-0.39, 0.29) is 0 Å². The lowest BCUT2D eigenvalue weighted by Gasteiger charge is -2.08. The lowest BCUT2D eigenvalue weighted by atomic mass is 10.1. The van der Waals surface area contributed by atoms with Gasteiger partial charge in [-0.25, -0.2) is 0 Å². The minimum absolute atomic E-state index is 0.614. The van der Waals surface area contributed by atoms with E-state index in [4.69, 9.17) is 4.74 Å². The van der Waals surface area contributed by atoms with Crippen LogP contribution in [-0.2, 0) is 6.54 Å². The Labute approximate surface area is 110 Å². The third-order valence-corrected chi connectivity index (χ3v) is 2.50. The van der Waals surface area contributed by atoms with Crippen molar-refractivity contribution >= 4 is 0 Å². The van der Waals surface area contributed by atoms with Gasteiger partial charge in [0.15, 0.2) is 0 Å². The molecule has 18 heavy (non-hydrogen) atoms. The summed E-state index contributed by atoms with van der Waals surface area (Å²) in [6.45, 7) is 11.2. The van der Waals surface area contributed by atoms with Crippen molar-refractivity contribution in [3.63, 3.8) is 0 Å². The molecule has 0 saturated carbocycles. The van der Waals surface area contributed by atoms with Gasteiger partial charge in [0.2, 0.25) is 5.88 Å². The van der Waals surface area contributed by atoms with E-state index in [1.807, 2.05) is 12.1 Å². The average Bonchev–Trinajstić information content (AvgIpc) is 2.30. The molecule has 0 aliphatic carbocycles. The molecule has 4 nitrogen and oxygen atoms in total. The summed E-state index contributed by atoms with van der Waals surface area (Å²) in [4.78, 5) is 0. The quantitative estimate of drug-likeness (QED) is 0.771. The third-order valence-electron chi connectivity index (χ3n) is 2.50. The number of ether oxygens (including phenoxy) is 1. The highest BCUT2D eigenvalue weighted by atomic mass is 16.5. The fourth-order valence-electron chi connectivity index (χ4n) is 1.41. The Hall–Kier alpha value is -1.16.